The highest BCUT2D eigenvalue weighted by Gasteiger charge is 2.12. The lowest BCUT2D eigenvalue weighted by molar-refractivity contribution is 0.252. The smallest absolute Gasteiger partial charge is 0.143 e. The first kappa shape index (κ1) is 13.5. The van der Waals surface area contributed by atoms with Gasteiger partial charge in [0.1, 0.15) is 5.84 Å². The van der Waals surface area contributed by atoms with Gasteiger partial charge in [-0.3, -0.25) is 4.68 Å². The number of likely N-dealkylation sites (N-methyl/N-ethyl adjacent to an activating group) is 1. The van der Waals surface area contributed by atoms with Gasteiger partial charge < -0.3 is 15.8 Å². The van der Waals surface area contributed by atoms with Gasteiger partial charge in [0.05, 0.1) is 6.54 Å². The van der Waals surface area contributed by atoms with Gasteiger partial charge in [0, 0.05) is 31.4 Å². The number of nitrogens with zero attached hydrogens (tertiary/aromatic N) is 4. The molecule has 1 unspecified atom stereocenters. The SMILES string of the molecule is CCN(CCn1cccn1)CC(C)/C(N)=N/O. The maximum atomic E-state index is 8.60. The zero-order chi connectivity index (χ0) is 12.7. The Kier molecular flexibility index (Phi) is 5.48. The first-order chi connectivity index (χ1) is 8.17. The minimum atomic E-state index is 0.0533. The molecule has 0 radical (unpaired) electrons. The van der Waals surface area contributed by atoms with Crippen LogP contribution in [0.25, 0.3) is 0 Å². The highest BCUT2D eigenvalue weighted by atomic mass is 16.4. The van der Waals surface area contributed by atoms with E-state index < -0.39 is 0 Å². The summed E-state index contributed by atoms with van der Waals surface area (Å²) in [6.07, 6.45) is 3.72. The van der Waals surface area contributed by atoms with E-state index in [1.807, 2.05) is 23.9 Å². The van der Waals surface area contributed by atoms with E-state index in [0.29, 0.717) is 0 Å². The molecule has 3 N–H and O–H groups in total. The minimum absolute atomic E-state index is 0.0533. The van der Waals surface area contributed by atoms with Crippen LogP contribution in [-0.2, 0) is 6.54 Å². The van der Waals surface area contributed by atoms with Crippen LogP contribution in [0.3, 0.4) is 0 Å². The van der Waals surface area contributed by atoms with E-state index in [1.165, 1.54) is 0 Å². The van der Waals surface area contributed by atoms with E-state index >= 15 is 0 Å². The number of amidine groups is 1. The summed E-state index contributed by atoms with van der Waals surface area (Å²) in [6, 6.07) is 1.91. The summed E-state index contributed by atoms with van der Waals surface area (Å²) in [7, 11) is 0. The van der Waals surface area contributed by atoms with Crippen LogP contribution in [0.2, 0.25) is 0 Å². The number of rotatable bonds is 7. The predicted octanol–water partition coefficient (Wildman–Crippen LogP) is 0.587. The van der Waals surface area contributed by atoms with Crippen LogP contribution < -0.4 is 5.73 Å². The number of nitrogens with two attached hydrogens (primary N) is 1. The third-order valence-corrected chi connectivity index (χ3v) is 2.80. The van der Waals surface area contributed by atoms with E-state index in [2.05, 4.69) is 22.1 Å². The molecule has 0 aliphatic carbocycles. The molecule has 1 heterocycles. The van der Waals surface area contributed by atoms with Gasteiger partial charge in [-0.2, -0.15) is 5.10 Å². The van der Waals surface area contributed by atoms with Gasteiger partial charge in [-0.25, -0.2) is 0 Å². The quantitative estimate of drug-likeness (QED) is 0.316. The topological polar surface area (TPSA) is 79.7 Å². The van der Waals surface area contributed by atoms with Crippen molar-refractivity contribution in [1.29, 1.82) is 0 Å². The molecule has 96 valence electrons. The molecule has 1 rings (SSSR count). The zero-order valence-electron chi connectivity index (χ0n) is 10.5. The molecule has 0 amide bonds. The van der Waals surface area contributed by atoms with Crippen molar-refractivity contribution in [2.45, 2.75) is 20.4 Å². The third kappa shape index (κ3) is 4.44. The molecule has 0 aromatic carbocycles. The minimum Gasteiger partial charge on any atom is -0.409 e. The number of aromatic nitrogens is 2. The molecule has 0 fully saturated rings. The van der Waals surface area contributed by atoms with Gasteiger partial charge in [-0.1, -0.05) is 19.0 Å². The summed E-state index contributed by atoms with van der Waals surface area (Å²) in [5.74, 6) is 0.333. The van der Waals surface area contributed by atoms with Crippen LogP contribution in [0.5, 0.6) is 0 Å². The number of hydrogen-bond donors (Lipinski definition) is 2. The molecular formula is C11H21N5O. The average Bonchev–Trinajstić information content (AvgIpc) is 2.86. The van der Waals surface area contributed by atoms with Crippen LogP contribution in [0.15, 0.2) is 23.6 Å². The third-order valence-electron chi connectivity index (χ3n) is 2.80. The Morgan fingerprint density at radius 3 is 2.94 bits per heavy atom. The van der Waals surface area contributed by atoms with Crippen molar-refractivity contribution in [3.8, 4) is 0 Å². The lowest BCUT2D eigenvalue weighted by Gasteiger charge is -2.23. The summed E-state index contributed by atoms with van der Waals surface area (Å²) in [6.45, 7) is 7.52. The second kappa shape index (κ2) is 6.90. The second-order valence-corrected chi connectivity index (χ2v) is 4.09. The van der Waals surface area contributed by atoms with E-state index in [1.54, 1.807) is 6.20 Å². The van der Waals surface area contributed by atoms with E-state index in [9.17, 15) is 0 Å². The van der Waals surface area contributed by atoms with Crippen molar-refractivity contribution in [3.63, 3.8) is 0 Å². The highest BCUT2D eigenvalue weighted by Crippen LogP contribution is 2.01. The number of hydrogen-bond acceptors (Lipinski definition) is 4. The molecule has 0 saturated heterocycles. The normalized spacial score (nSPS) is 14.2. The predicted molar refractivity (Wildman–Crippen MR) is 66.9 cm³/mol. The molecule has 1 aromatic rings. The Morgan fingerprint density at radius 1 is 1.65 bits per heavy atom. The molecule has 0 aliphatic heterocycles. The molecule has 1 atom stereocenters. The van der Waals surface area contributed by atoms with Gasteiger partial charge >= 0.3 is 0 Å². The van der Waals surface area contributed by atoms with Crippen molar-refractivity contribution < 1.29 is 5.21 Å². The fraction of sp³-hybridized carbons (Fsp3) is 0.636. The molecule has 0 spiro atoms. The van der Waals surface area contributed by atoms with Crippen molar-refractivity contribution >= 4 is 5.84 Å². The number of oxime groups is 1. The average molecular weight is 239 g/mol. The van der Waals surface area contributed by atoms with E-state index in [4.69, 9.17) is 10.9 Å². The molecule has 0 saturated carbocycles. The van der Waals surface area contributed by atoms with Crippen LogP contribution in [0.4, 0.5) is 0 Å². The van der Waals surface area contributed by atoms with Gasteiger partial charge in [0.15, 0.2) is 0 Å². The van der Waals surface area contributed by atoms with Crippen LogP contribution in [0.1, 0.15) is 13.8 Å². The molecular weight excluding hydrogens is 218 g/mol. The Hall–Kier alpha value is -1.56. The Labute approximate surface area is 102 Å². The summed E-state index contributed by atoms with van der Waals surface area (Å²) >= 11 is 0. The summed E-state index contributed by atoms with van der Waals surface area (Å²) in [5, 5.41) is 15.8. The fourth-order valence-electron chi connectivity index (χ4n) is 1.63. The largest absolute Gasteiger partial charge is 0.409 e. The molecule has 6 heteroatoms. The van der Waals surface area contributed by atoms with Gasteiger partial charge in [-0.05, 0) is 12.6 Å². The standard InChI is InChI=1S/C11H21N5O/c1-3-15(9-10(2)11(12)14-17)7-8-16-6-4-5-13-16/h4-6,10,17H,3,7-9H2,1-2H3,(H2,12,14). The Balaban J connectivity index is 2.38. The second-order valence-electron chi connectivity index (χ2n) is 4.09. The first-order valence-corrected chi connectivity index (χ1v) is 5.84. The fourth-order valence-corrected chi connectivity index (χ4v) is 1.63. The monoisotopic (exact) mass is 239 g/mol. The van der Waals surface area contributed by atoms with Crippen molar-refractivity contribution in [2.75, 3.05) is 19.6 Å². The van der Waals surface area contributed by atoms with Gasteiger partial charge in [0.2, 0.25) is 0 Å². The maximum absolute atomic E-state index is 8.60. The summed E-state index contributed by atoms with van der Waals surface area (Å²) in [5.41, 5.74) is 5.57. The zero-order valence-corrected chi connectivity index (χ0v) is 10.5. The van der Waals surface area contributed by atoms with E-state index in [-0.39, 0.29) is 11.8 Å². The molecule has 1 aromatic heterocycles. The van der Waals surface area contributed by atoms with Gasteiger partial charge in [-0.15, -0.1) is 0 Å². The summed E-state index contributed by atoms with van der Waals surface area (Å²) < 4.78 is 1.90. The van der Waals surface area contributed by atoms with Crippen LogP contribution in [0, 0.1) is 5.92 Å². The molecule has 0 aliphatic rings. The maximum Gasteiger partial charge on any atom is 0.143 e. The van der Waals surface area contributed by atoms with E-state index in [0.717, 1.165) is 26.2 Å². The van der Waals surface area contributed by atoms with Crippen molar-refractivity contribution in [2.24, 2.45) is 16.8 Å². The van der Waals surface area contributed by atoms with Crippen LogP contribution in [-0.4, -0.2) is 45.4 Å². The van der Waals surface area contributed by atoms with Crippen LogP contribution >= 0.6 is 0 Å². The summed E-state index contributed by atoms with van der Waals surface area (Å²) in [4.78, 5) is 2.25. The Bertz CT molecular complexity index is 336. The molecule has 6 nitrogen and oxygen atoms in total. The highest BCUT2D eigenvalue weighted by molar-refractivity contribution is 5.82. The Morgan fingerprint density at radius 2 is 2.41 bits per heavy atom. The molecule has 0 bridgehead atoms. The van der Waals surface area contributed by atoms with Crippen molar-refractivity contribution in [1.82, 2.24) is 14.7 Å². The molecule has 17 heavy (non-hydrogen) atoms. The lowest BCUT2D eigenvalue weighted by Crippen LogP contribution is -2.36. The first-order valence-electron chi connectivity index (χ1n) is 5.84. The van der Waals surface area contributed by atoms with Crippen molar-refractivity contribution in [3.05, 3.63) is 18.5 Å². The lowest BCUT2D eigenvalue weighted by atomic mass is 10.1. The van der Waals surface area contributed by atoms with Gasteiger partial charge in [0.25, 0.3) is 0 Å².